The Kier molecular flexibility index (Phi) is 3.89. The first-order valence-corrected chi connectivity index (χ1v) is 6.42. The normalized spacial score (nSPS) is 11.5. The van der Waals surface area contributed by atoms with Crippen molar-refractivity contribution in [3.8, 4) is 0 Å². The van der Waals surface area contributed by atoms with Gasteiger partial charge in [-0.05, 0) is 13.8 Å². The van der Waals surface area contributed by atoms with Crippen LogP contribution in [0.25, 0.3) is 0 Å². The van der Waals surface area contributed by atoms with Gasteiger partial charge in [0.05, 0.1) is 0 Å². The van der Waals surface area contributed by atoms with Crippen LogP contribution >= 0.6 is 0 Å². The minimum atomic E-state index is -3.93. The number of nitrogens with two attached hydrogens (primary N) is 1. The van der Waals surface area contributed by atoms with Gasteiger partial charge >= 0.3 is 0 Å². The van der Waals surface area contributed by atoms with E-state index in [9.17, 15) is 13.2 Å². The zero-order chi connectivity index (χ0) is 13.2. The van der Waals surface area contributed by atoms with E-state index >= 15 is 0 Å². The minimum Gasteiger partial charge on any atom is -0.360 e. The molecule has 1 amide bonds. The molecule has 2 N–H and O–H groups in total. The van der Waals surface area contributed by atoms with Gasteiger partial charge in [-0.1, -0.05) is 5.16 Å². The van der Waals surface area contributed by atoms with Gasteiger partial charge in [-0.15, -0.1) is 0 Å². The van der Waals surface area contributed by atoms with Gasteiger partial charge in [-0.2, -0.15) is 0 Å². The highest BCUT2D eigenvalue weighted by Crippen LogP contribution is 2.22. The van der Waals surface area contributed by atoms with Gasteiger partial charge in [0.25, 0.3) is 10.0 Å². The Morgan fingerprint density at radius 1 is 1.47 bits per heavy atom. The lowest BCUT2D eigenvalue weighted by atomic mass is 10.4. The first kappa shape index (κ1) is 13.7. The maximum absolute atomic E-state index is 12.2. The van der Waals surface area contributed by atoms with Crippen LogP contribution in [0.4, 0.5) is 0 Å². The lowest BCUT2D eigenvalue weighted by molar-refractivity contribution is -0.124. The summed E-state index contributed by atoms with van der Waals surface area (Å²) in [6.45, 7) is 4.15. The highest BCUT2D eigenvalue weighted by Gasteiger charge is 2.32. The third kappa shape index (κ3) is 2.47. The van der Waals surface area contributed by atoms with Crippen molar-refractivity contribution in [2.75, 3.05) is 13.1 Å². The number of aromatic nitrogens is 1. The Hall–Kier alpha value is -1.41. The number of hydrogen-bond donors (Lipinski definition) is 1. The Morgan fingerprint density at radius 2 is 2.06 bits per heavy atom. The number of amides is 1. The summed E-state index contributed by atoms with van der Waals surface area (Å²) in [5.41, 5.74) is 5.52. The van der Waals surface area contributed by atoms with Gasteiger partial charge in [0.15, 0.2) is 10.7 Å². The fourth-order valence-corrected chi connectivity index (χ4v) is 3.23. The molecule has 0 aliphatic rings. The lowest BCUT2D eigenvalue weighted by Crippen LogP contribution is -2.39. The number of sulfonamides is 1. The molecule has 0 saturated carbocycles. The molecule has 1 aromatic heterocycles. The quantitative estimate of drug-likeness (QED) is 0.803. The highest BCUT2D eigenvalue weighted by atomic mass is 32.2. The summed E-state index contributed by atoms with van der Waals surface area (Å²) in [5.74, 6) is -0.429. The summed E-state index contributed by atoms with van der Waals surface area (Å²) in [5, 5.41) is 3.56. The standard InChI is InChI=1S/C9H15N3O4S/c1-6-9(7(2)16-11-6)17(14,15)12(5-4-10)8(3)13/h4-5,10H2,1-3H3. The van der Waals surface area contributed by atoms with E-state index < -0.39 is 15.9 Å². The summed E-state index contributed by atoms with van der Waals surface area (Å²) in [4.78, 5) is 11.3. The van der Waals surface area contributed by atoms with Crippen LogP contribution in [0.15, 0.2) is 9.42 Å². The van der Waals surface area contributed by atoms with Crippen molar-refractivity contribution in [1.82, 2.24) is 9.46 Å². The molecular formula is C9H15N3O4S. The smallest absolute Gasteiger partial charge is 0.271 e. The molecule has 0 atom stereocenters. The number of aryl methyl sites for hydroxylation is 2. The average Bonchev–Trinajstić information content (AvgIpc) is 2.54. The molecule has 0 unspecified atom stereocenters. The maximum Gasteiger partial charge on any atom is 0.271 e. The zero-order valence-corrected chi connectivity index (χ0v) is 10.7. The monoisotopic (exact) mass is 261 g/mol. The molecule has 0 bridgehead atoms. The molecule has 0 aliphatic carbocycles. The van der Waals surface area contributed by atoms with Crippen LogP contribution in [0.5, 0.6) is 0 Å². The van der Waals surface area contributed by atoms with E-state index in [1.54, 1.807) is 0 Å². The molecular weight excluding hydrogens is 246 g/mol. The molecule has 0 spiro atoms. The molecule has 0 saturated heterocycles. The zero-order valence-electron chi connectivity index (χ0n) is 9.93. The summed E-state index contributed by atoms with van der Waals surface area (Å²) in [6, 6.07) is 0. The van der Waals surface area contributed by atoms with Gasteiger partial charge in [0, 0.05) is 20.0 Å². The van der Waals surface area contributed by atoms with Crippen molar-refractivity contribution < 1.29 is 17.7 Å². The van der Waals surface area contributed by atoms with Crippen molar-refractivity contribution in [2.45, 2.75) is 25.7 Å². The van der Waals surface area contributed by atoms with Crippen molar-refractivity contribution in [3.05, 3.63) is 11.5 Å². The molecule has 17 heavy (non-hydrogen) atoms. The number of nitrogens with zero attached hydrogens (tertiary/aromatic N) is 2. The van der Waals surface area contributed by atoms with Crippen LogP contribution in [-0.4, -0.2) is 36.9 Å². The van der Waals surface area contributed by atoms with Crippen LogP contribution in [0, 0.1) is 13.8 Å². The molecule has 96 valence electrons. The summed E-state index contributed by atoms with van der Waals surface area (Å²) in [7, 11) is -3.93. The summed E-state index contributed by atoms with van der Waals surface area (Å²) >= 11 is 0. The van der Waals surface area contributed by atoms with Crippen LogP contribution < -0.4 is 5.73 Å². The van der Waals surface area contributed by atoms with E-state index in [1.165, 1.54) is 20.8 Å². The number of hydrogen-bond acceptors (Lipinski definition) is 6. The van der Waals surface area contributed by atoms with Gasteiger partial charge in [0.2, 0.25) is 5.91 Å². The maximum atomic E-state index is 12.2. The topological polar surface area (TPSA) is 106 Å². The fraction of sp³-hybridized carbons (Fsp3) is 0.556. The molecule has 1 heterocycles. The second-order valence-electron chi connectivity index (χ2n) is 3.54. The van der Waals surface area contributed by atoms with Crippen molar-refractivity contribution in [2.24, 2.45) is 5.73 Å². The van der Waals surface area contributed by atoms with Crippen LogP contribution in [-0.2, 0) is 14.8 Å². The van der Waals surface area contributed by atoms with Gasteiger partial charge < -0.3 is 10.3 Å². The number of rotatable bonds is 4. The fourth-order valence-electron chi connectivity index (χ4n) is 1.52. The third-order valence-corrected chi connectivity index (χ3v) is 4.32. The Morgan fingerprint density at radius 3 is 2.41 bits per heavy atom. The largest absolute Gasteiger partial charge is 0.360 e. The van der Waals surface area contributed by atoms with Crippen LogP contribution in [0.2, 0.25) is 0 Å². The molecule has 1 aromatic rings. The summed E-state index contributed by atoms with van der Waals surface area (Å²) < 4.78 is 29.9. The average molecular weight is 261 g/mol. The van der Waals surface area contributed by atoms with E-state index in [2.05, 4.69) is 5.16 Å². The molecule has 0 aromatic carbocycles. The first-order valence-electron chi connectivity index (χ1n) is 4.98. The van der Waals surface area contributed by atoms with Crippen molar-refractivity contribution in [3.63, 3.8) is 0 Å². The van der Waals surface area contributed by atoms with Gasteiger partial charge in [-0.25, -0.2) is 12.7 Å². The molecule has 0 aliphatic heterocycles. The predicted octanol–water partition coefficient (Wildman–Crippen LogP) is -0.213. The van der Waals surface area contributed by atoms with Crippen LogP contribution in [0.3, 0.4) is 0 Å². The Balaban J connectivity index is 3.31. The molecule has 0 radical (unpaired) electrons. The summed E-state index contributed by atoms with van der Waals surface area (Å²) in [6.07, 6.45) is 0. The molecule has 7 nitrogen and oxygen atoms in total. The van der Waals surface area contributed by atoms with Crippen molar-refractivity contribution in [1.29, 1.82) is 0 Å². The van der Waals surface area contributed by atoms with Gasteiger partial charge in [-0.3, -0.25) is 4.79 Å². The molecule has 8 heteroatoms. The van der Waals surface area contributed by atoms with E-state index in [-0.39, 0.29) is 29.4 Å². The van der Waals surface area contributed by atoms with E-state index in [4.69, 9.17) is 10.3 Å². The number of carbonyl (C=O) groups is 1. The van der Waals surface area contributed by atoms with E-state index in [0.29, 0.717) is 0 Å². The Bertz CT molecular complexity index is 501. The second-order valence-corrected chi connectivity index (χ2v) is 5.34. The van der Waals surface area contributed by atoms with E-state index in [1.807, 2.05) is 0 Å². The lowest BCUT2D eigenvalue weighted by Gasteiger charge is -2.19. The molecule has 0 fully saturated rings. The van der Waals surface area contributed by atoms with Crippen LogP contribution in [0.1, 0.15) is 18.4 Å². The predicted molar refractivity (Wildman–Crippen MR) is 59.6 cm³/mol. The SMILES string of the molecule is CC(=O)N(CCN)S(=O)(=O)c1c(C)noc1C. The highest BCUT2D eigenvalue weighted by molar-refractivity contribution is 7.89. The third-order valence-electron chi connectivity index (χ3n) is 2.20. The minimum absolute atomic E-state index is 0.0577. The molecule has 1 rings (SSSR count). The van der Waals surface area contributed by atoms with Gasteiger partial charge in [0.1, 0.15) is 5.69 Å². The van der Waals surface area contributed by atoms with Crippen molar-refractivity contribution >= 4 is 15.9 Å². The Labute approximate surface area is 99.6 Å². The first-order chi connectivity index (χ1) is 7.82. The van der Waals surface area contributed by atoms with E-state index in [0.717, 1.165) is 4.31 Å². The second kappa shape index (κ2) is 4.84. The number of carbonyl (C=O) groups excluding carboxylic acids is 1.